The van der Waals surface area contributed by atoms with E-state index in [0.29, 0.717) is 19.0 Å². The smallest absolute Gasteiger partial charge is 0.157 e. The number of hydrogen-bond donors (Lipinski definition) is 1. The van der Waals surface area contributed by atoms with Crippen LogP contribution in [0.1, 0.15) is 19.7 Å². The SMILES string of the molecule is CCNc1cc(-c2ccc(Cl)s2)nc(COCC)n1. The molecule has 0 atom stereocenters. The van der Waals surface area contributed by atoms with Crippen molar-refractivity contribution in [3.8, 4) is 10.6 Å². The van der Waals surface area contributed by atoms with Crippen LogP contribution in [0.25, 0.3) is 10.6 Å². The van der Waals surface area contributed by atoms with Crippen LogP contribution in [0.5, 0.6) is 0 Å². The Balaban J connectivity index is 2.33. The maximum Gasteiger partial charge on any atom is 0.157 e. The van der Waals surface area contributed by atoms with Gasteiger partial charge in [-0.2, -0.15) is 0 Å². The second kappa shape index (κ2) is 6.84. The summed E-state index contributed by atoms with van der Waals surface area (Å²) in [4.78, 5) is 9.96. The summed E-state index contributed by atoms with van der Waals surface area (Å²) in [5.41, 5.74) is 0.873. The number of hydrogen-bond acceptors (Lipinski definition) is 5. The van der Waals surface area contributed by atoms with Crippen molar-refractivity contribution in [3.63, 3.8) is 0 Å². The third-order valence-corrected chi connectivity index (χ3v) is 3.64. The Morgan fingerprint density at radius 1 is 1.32 bits per heavy atom. The molecular weight excluding hydrogens is 282 g/mol. The molecule has 102 valence electrons. The molecule has 1 N–H and O–H groups in total. The first-order valence-electron chi connectivity index (χ1n) is 6.18. The highest BCUT2D eigenvalue weighted by Crippen LogP contribution is 2.30. The zero-order valence-corrected chi connectivity index (χ0v) is 12.5. The van der Waals surface area contributed by atoms with Gasteiger partial charge in [0.1, 0.15) is 12.4 Å². The van der Waals surface area contributed by atoms with E-state index in [1.165, 1.54) is 11.3 Å². The summed E-state index contributed by atoms with van der Waals surface area (Å²) in [5, 5.41) is 3.21. The van der Waals surface area contributed by atoms with Crippen LogP contribution in [0.15, 0.2) is 18.2 Å². The Morgan fingerprint density at radius 2 is 2.16 bits per heavy atom. The lowest BCUT2D eigenvalue weighted by Crippen LogP contribution is -2.05. The van der Waals surface area contributed by atoms with Crippen LogP contribution in [0.3, 0.4) is 0 Å². The van der Waals surface area contributed by atoms with Gasteiger partial charge in [-0.25, -0.2) is 9.97 Å². The van der Waals surface area contributed by atoms with E-state index in [1.54, 1.807) is 0 Å². The molecule has 4 nitrogen and oxygen atoms in total. The van der Waals surface area contributed by atoms with Crippen LogP contribution in [-0.4, -0.2) is 23.1 Å². The van der Waals surface area contributed by atoms with Crippen LogP contribution >= 0.6 is 22.9 Å². The van der Waals surface area contributed by atoms with Gasteiger partial charge in [-0.15, -0.1) is 11.3 Å². The minimum atomic E-state index is 0.418. The highest BCUT2D eigenvalue weighted by atomic mass is 35.5. The molecule has 2 aromatic heterocycles. The molecule has 0 unspecified atom stereocenters. The number of rotatable bonds is 6. The third kappa shape index (κ3) is 3.89. The summed E-state index contributed by atoms with van der Waals surface area (Å²) < 4.78 is 6.13. The van der Waals surface area contributed by atoms with Gasteiger partial charge in [-0.05, 0) is 26.0 Å². The van der Waals surface area contributed by atoms with Gasteiger partial charge in [0.2, 0.25) is 0 Å². The minimum absolute atomic E-state index is 0.418. The lowest BCUT2D eigenvalue weighted by atomic mass is 10.3. The molecule has 0 saturated carbocycles. The van der Waals surface area contributed by atoms with Gasteiger partial charge in [0.05, 0.1) is 14.9 Å². The van der Waals surface area contributed by atoms with Gasteiger partial charge in [-0.1, -0.05) is 11.6 Å². The summed E-state index contributed by atoms with van der Waals surface area (Å²) in [6, 6.07) is 5.77. The van der Waals surface area contributed by atoms with E-state index in [4.69, 9.17) is 16.3 Å². The zero-order chi connectivity index (χ0) is 13.7. The lowest BCUT2D eigenvalue weighted by Gasteiger charge is -2.08. The van der Waals surface area contributed by atoms with E-state index in [-0.39, 0.29) is 0 Å². The Bertz CT molecular complexity index is 544. The number of nitrogens with one attached hydrogen (secondary N) is 1. The maximum atomic E-state index is 5.97. The van der Waals surface area contributed by atoms with Crippen molar-refractivity contribution in [3.05, 3.63) is 28.4 Å². The minimum Gasteiger partial charge on any atom is -0.374 e. The molecule has 6 heteroatoms. The molecule has 0 aliphatic rings. The van der Waals surface area contributed by atoms with Crippen molar-refractivity contribution in [2.75, 3.05) is 18.5 Å². The molecule has 0 saturated heterocycles. The van der Waals surface area contributed by atoms with Crippen LogP contribution in [0, 0.1) is 0 Å². The first kappa shape index (κ1) is 14.2. The highest BCUT2D eigenvalue weighted by molar-refractivity contribution is 7.19. The number of halogens is 1. The quantitative estimate of drug-likeness (QED) is 0.880. The number of thiophene rings is 1. The standard InChI is InChI=1S/C13H16ClN3OS/c1-3-15-12-7-9(10-5-6-11(14)19-10)16-13(17-12)8-18-4-2/h5-7H,3-4,8H2,1-2H3,(H,15,16,17). The Morgan fingerprint density at radius 3 is 2.79 bits per heavy atom. The van der Waals surface area contributed by atoms with E-state index in [9.17, 15) is 0 Å². The Labute approximate surface area is 121 Å². The maximum absolute atomic E-state index is 5.97. The first-order valence-corrected chi connectivity index (χ1v) is 7.37. The van der Waals surface area contributed by atoms with Gasteiger partial charge in [0.15, 0.2) is 5.82 Å². The van der Waals surface area contributed by atoms with Gasteiger partial charge < -0.3 is 10.1 Å². The van der Waals surface area contributed by atoms with Crippen molar-refractivity contribution < 1.29 is 4.74 Å². The molecule has 0 spiro atoms. The van der Waals surface area contributed by atoms with Gasteiger partial charge in [-0.3, -0.25) is 0 Å². The Kier molecular flexibility index (Phi) is 5.13. The zero-order valence-electron chi connectivity index (χ0n) is 10.9. The van der Waals surface area contributed by atoms with E-state index in [0.717, 1.165) is 27.3 Å². The average molecular weight is 298 g/mol. The van der Waals surface area contributed by atoms with Crippen molar-refractivity contribution in [2.24, 2.45) is 0 Å². The van der Waals surface area contributed by atoms with Gasteiger partial charge >= 0.3 is 0 Å². The number of anilines is 1. The molecule has 0 radical (unpaired) electrons. The van der Waals surface area contributed by atoms with E-state index in [2.05, 4.69) is 15.3 Å². The molecule has 0 fully saturated rings. The van der Waals surface area contributed by atoms with Crippen molar-refractivity contribution in [1.29, 1.82) is 0 Å². The molecule has 0 amide bonds. The second-order valence-corrected chi connectivity index (χ2v) is 5.54. The largest absolute Gasteiger partial charge is 0.374 e. The van der Waals surface area contributed by atoms with Crippen molar-refractivity contribution >= 4 is 28.8 Å². The summed E-state index contributed by atoms with van der Waals surface area (Å²) >= 11 is 7.48. The summed E-state index contributed by atoms with van der Waals surface area (Å²) in [6.45, 7) is 5.87. The summed E-state index contributed by atoms with van der Waals surface area (Å²) in [6.07, 6.45) is 0. The van der Waals surface area contributed by atoms with E-state index < -0.39 is 0 Å². The fourth-order valence-electron chi connectivity index (χ4n) is 1.60. The van der Waals surface area contributed by atoms with Crippen LogP contribution in [0.4, 0.5) is 5.82 Å². The fourth-order valence-corrected chi connectivity index (χ4v) is 2.61. The predicted molar refractivity (Wildman–Crippen MR) is 79.8 cm³/mol. The lowest BCUT2D eigenvalue weighted by molar-refractivity contribution is 0.128. The second-order valence-electron chi connectivity index (χ2n) is 3.83. The summed E-state index contributed by atoms with van der Waals surface area (Å²) in [5.74, 6) is 1.49. The van der Waals surface area contributed by atoms with Crippen molar-refractivity contribution in [1.82, 2.24) is 9.97 Å². The van der Waals surface area contributed by atoms with Crippen LogP contribution in [0.2, 0.25) is 4.34 Å². The normalized spacial score (nSPS) is 10.7. The number of nitrogens with zero attached hydrogens (tertiary/aromatic N) is 2. The van der Waals surface area contributed by atoms with E-state index in [1.807, 2.05) is 32.0 Å². The molecule has 2 rings (SSSR count). The first-order chi connectivity index (χ1) is 9.22. The molecular formula is C13H16ClN3OS. The highest BCUT2D eigenvalue weighted by Gasteiger charge is 2.08. The van der Waals surface area contributed by atoms with E-state index >= 15 is 0 Å². The van der Waals surface area contributed by atoms with Gasteiger partial charge in [0.25, 0.3) is 0 Å². The fraction of sp³-hybridized carbons (Fsp3) is 0.385. The van der Waals surface area contributed by atoms with Crippen molar-refractivity contribution in [2.45, 2.75) is 20.5 Å². The topological polar surface area (TPSA) is 47.0 Å². The molecule has 0 aliphatic heterocycles. The number of ether oxygens (including phenoxy) is 1. The Hall–Kier alpha value is -1.17. The molecule has 0 aliphatic carbocycles. The van der Waals surface area contributed by atoms with Gasteiger partial charge in [0, 0.05) is 19.2 Å². The number of aromatic nitrogens is 2. The summed E-state index contributed by atoms with van der Waals surface area (Å²) in [7, 11) is 0. The molecule has 19 heavy (non-hydrogen) atoms. The third-order valence-electron chi connectivity index (χ3n) is 2.39. The predicted octanol–water partition coefficient (Wildman–Crippen LogP) is 3.83. The molecule has 0 bridgehead atoms. The van der Waals surface area contributed by atoms with Crippen LogP contribution in [-0.2, 0) is 11.3 Å². The molecule has 2 heterocycles. The molecule has 0 aromatic carbocycles. The molecule has 2 aromatic rings. The van der Waals surface area contributed by atoms with Crippen LogP contribution < -0.4 is 5.32 Å². The average Bonchev–Trinajstić information content (AvgIpc) is 2.83. The monoisotopic (exact) mass is 297 g/mol.